The van der Waals surface area contributed by atoms with E-state index in [2.05, 4.69) is 0 Å². The molecule has 0 aromatic heterocycles. The summed E-state index contributed by atoms with van der Waals surface area (Å²) in [6, 6.07) is 14.4. The lowest BCUT2D eigenvalue weighted by Crippen LogP contribution is -2.50. The summed E-state index contributed by atoms with van der Waals surface area (Å²) in [5.74, 6) is -0.367. The largest absolute Gasteiger partial charge is 0.497 e. The number of carboxylic acids is 1. The molecular weight excluding hydrogens is 350 g/mol. The lowest BCUT2D eigenvalue weighted by atomic mass is 9.94. The molecule has 0 radical (unpaired) electrons. The summed E-state index contributed by atoms with van der Waals surface area (Å²) in [7, 11) is 1.61. The van der Waals surface area contributed by atoms with Crippen LogP contribution in [0.3, 0.4) is 0 Å². The molecule has 26 heavy (non-hydrogen) atoms. The van der Waals surface area contributed by atoms with E-state index in [1.165, 1.54) is 16.7 Å². The van der Waals surface area contributed by atoms with Crippen LogP contribution >= 0.6 is 11.8 Å². The molecule has 1 aliphatic heterocycles. The predicted octanol–water partition coefficient (Wildman–Crippen LogP) is 3.21. The molecule has 0 bridgehead atoms. The van der Waals surface area contributed by atoms with Crippen molar-refractivity contribution in [3.63, 3.8) is 0 Å². The number of methoxy groups -OCH3 is 1. The Balaban J connectivity index is 1.76. The van der Waals surface area contributed by atoms with Crippen LogP contribution in [0.4, 0.5) is 0 Å². The van der Waals surface area contributed by atoms with Crippen molar-refractivity contribution in [2.75, 3.05) is 7.11 Å². The fraction of sp³-hybridized carbons (Fsp3) is 0.300. The Bertz CT molecular complexity index is 806. The van der Waals surface area contributed by atoms with Gasteiger partial charge in [-0.15, -0.1) is 11.8 Å². The quantitative estimate of drug-likeness (QED) is 0.818. The van der Waals surface area contributed by atoms with Crippen molar-refractivity contribution in [3.8, 4) is 5.75 Å². The molecule has 0 spiro atoms. The maximum atomic E-state index is 13.0. The first-order valence-electron chi connectivity index (χ1n) is 8.40. The van der Waals surface area contributed by atoms with E-state index in [9.17, 15) is 14.7 Å². The summed E-state index contributed by atoms with van der Waals surface area (Å²) in [5, 5.41) is 9.22. The Morgan fingerprint density at radius 1 is 1.15 bits per heavy atom. The van der Waals surface area contributed by atoms with Crippen LogP contribution in [0.2, 0.25) is 0 Å². The van der Waals surface area contributed by atoms with E-state index in [1.807, 2.05) is 55.5 Å². The summed E-state index contributed by atoms with van der Waals surface area (Å²) in [5.41, 5.74) is 2.01. The van der Waals surface area contributed by atoms with Crippen LogP contribution in [-0.4, -0.2) is 40.3 Å². The molecule has 0 fully saturated rings. The van der Waals surface area contributed by atoms with Gasteiger partial charge in [-0.3, -0.25) is 4.79 Å². The van der Waals surface area contributed by atoms with Crippen LogP contribution in [-0.2, 0) is 22.6 Å². The van der Waals surface area contributed by atoms with Crippen LogP contribution in [0.1, 0.15) is 18.1 Å². The Kier molecular flexibility index (Phi) is 5.52. The zero-order valence-electron chi connectivity index (χ0n) is 14.7. The highest BCUT2D eigenvalue weighted by Crippen LogP contribution is 2.30. The Labute approximate surface area is 157 Å². The van der Waals surface area contributed by atoms with E-state index in [4.69, 9.17) is 4.74 Å². The molecule has 1 heterocycles. The van der Waals surface area contributed by atoms with Gasteiger partial charge in [-0.2, -0.15) is 0 Å². The number of benzene rings is 2. The van der Waals surface area contributed by atoms with Crippen molar-refractivity contribution < 1.29 is 19.4 Å². The summed E-state index contributed by atoms with van der Waals surface area (Å²) in [4.78, 5) is 27.1. The van der Waals surface area contributed by atoms with Gasteiger partial charge >= 0.3 is 5.97 Å². The molecule has 2 aromatic rings. The first-order valence-corrected chi connectivity index (χ1v) is 9.28. The molecule has 136 valence electrons. The van der Waals surface area contributed by atoms with Gasteiger partial charge in [-0.1, -0.05) is 24.3 Å². The maximum Gasteiger partial charge on any atom is 0.326 e. The third-order valence-electron chi connectivity index (χ3n) is 4.54. The summed E-state index contributed by atoms with van der Waals surface area (Å²) >= 11 is 1.42. The summed E-state index contributed by atoms with van der Waals surface area (Å²) in [6.07, 6.45) is 0.344. The number of carbonyl (C=O) groups excluding carboxylic acids is 1. The first-order chi connectivity index (χ1) is 12.5. The summed E-state index contributed by atoms with van der Waals surface area (Å²) < 4.78 is 5.14. The minimum atomic E-state index is -0.963. The van der Waals surface area contributed by atoms with Gasteiger partial charge < -0.3 is 14.7 Å². The van der Waals surface area contributed by atoms with Gasteiger partial charge in [0.15, 0.2) is 0 Å². The molecule has 6 heteroatoms. The van der Waals surface area contributed by atoms with Gasteiger partial charge in [0, 0.05) is 17.9 Å². The smallest absolute Gasteiger partial charge is 0.326 e. The monoisotopic (exact) mass is 371 g/mol. The van der Waals surface area contributed by atoms with Crippen molar-refractivity contribution in [2.24, 2.45) is 0 Å². The van der Waals surface area contributed by atoms with Gasteiger partial charge in [0.05, 0.1) is 12.4 Å². The van der Waals surface area contributed by atoms with Crippen LogP contribution < -0.4 is 4.74 Å². The van der Waals surface area contributed by atoms with E-state index in [-0.39, 0.29) is 11.2 Å². The SMILES string of the molecule is COc1ccc(SC(C)C(=O)N2Cc3ccccc3CC2C(=O)O)cc1. The third-order valence-corrected chi connectivity index (χ3v) is 5.64. The number of amides is 1. The van der Waals surface area contributed by atoms with Crippen LogP contribution in [0, 0.1) is 0 Å². The Morgan fingerprint density at radius 3 is 2.42 bits per heavy atom. The molecule has 0 saturated carbocycles. The highest BCUT2D eigenvalue weighted by atomic mass is 32.2. The molecule has 2 unspecified atom stereocenters. The highest BCUT2D eigenvalue weighted by molar-refractivity contribution is 8.00. The lowest BCUT2D eigenvalue weighted by Gasteiger charge is -2.35. The van der Waals surface area contributed by atoms with Crippen LogP contribution in [0.15, 0.2) is 53.4 Å². The van der Waals surface area contributed by atoms with Crippen LogP contribution in [0.25, 0.3) is 0 Å². The van der Waals surface area contributed by atoms with Gasteiger partial charge in [-0.05, 0) is 42.3 Å². The minimum Gasteiger partial charge on any atom is -0.497 e. The molecule has 1 N–H and O–H groups in total. The molecule has 3 rings (SSSR count). The van der Waals surface area contributed by atoms with E-state index >= 15 is 0 Å². The number of hydrogen-bond donors (Lipinski definition) is 1. The number of hydrogen-bond acceptors (Lipinski definition) is 4. The Morgan fingerprint density at radius 2 is 1.81 bits per heavy atom. The van der Waals surface area contributed by atoms with Crippen molar-refractivity contribution in [1.82, 2.24) is 4.90 Å². The van der Waals surface area contributed by atoms with Crippen molar-refractivity contribution in [1.29, 1.82) is 0 Å². The molecule has 0 aliphatic carbocycles. The molecular formula is C20H21NO4S. The standard InChI is InChI=1S/C20H21NO4S/c1-13(26-17-9-7-16(25-2)8-10-17)19(22)21-12-15-6-4-3-5-14(15)11-18(21)20(23)24/h3-10,13,18H,11-12H2,1-2H3,(H,23,24). The number of fused-ring (bicyclic) bond motifs is 1. The maximum absolute atomic E-state index is 13.0. The molecule has 5 nitrogen and oxygen atoms in total. The average Bonchev–Trinajstić information content (AvgIpc) is 2.66. The van der Waals surface area contributed by atoms with Crippen molar-refractivity contribution >= 4 is 23.6 Å². The minimum absolute atomic E-state index is 0.160. The number of thioether (sulfide) groups is 1. The second-order valence-corrected chi connectivity index (χ2v) is 7.64. The normalized spacial score (nSPS) is 17.3. The number of nitrogens with zero attached hydrogens (tertiary/aromatic N) is 1. The second-order valence-electron chi connectivity index (χ2n) is 6.23. The van der Waals surface area contributed by atoms with Gasteiger partial charge in [0.1, 0.15) is 11.8 Å². The number of ether oxygens (including phenoxy) is 1. The predicted molar refractivity (Wildman–Crippen MR) is 100 cm³/mol. The van der Waals surface area contributed by atoms with E-state index in [0.717, 1.165) is 21.8 Å². The van der Waals surface area contributed by atoms with Crippen molar-refractivity contribution in [3.05, 3.63) is 59.7 Å². The molecule has 2 aromatic carbocycles. The number of rotatable bonds is 5. The lowest BCUT2D eigenvalue weighted by molar-refractivity contribution is -0.151. The molecule has 1 amide bonds. The third kappa shape index (κ3) is 3.85. The second kappa shape index (κ2) is 7.83. The van der Waals surface area contributed by atoms with Gasteiger partial charge in [-0.25, -0.2) is 4.79 Å². The topological polar surface area (TPSA) is 66.8 Å². The molecule has 0 saturated heterocycles. The fourth-order valence-corrected chi connectivity index (χ4v) is 4.06. The van der Waals surface area contributed by atoms with Gasteiger partial charge in [0.2, 0.25) is 5.91 Å². The first kappa shape index (κ1) is 18.3. The van der Waals surface area contributed by atoms with Crippen LogP contribution in [0.5, 0.6) is 5.75 Å². The van der Waals surface area contributed by atoms with E-state index < -0.39 is 12.0 Å². The van der Waals surface area contributed by atoms with E-state index in [0.29, 0.717) is 13.0 Å². The zero-order chi connectivity index (χ0) is 18.7. The average molecular weight is 371 g/mol. The number of carboxylic acid groups (broad SMARTS) is 1. The van der Waals surface area contributed by atoms with Gasteiger partial charge in [0.25, 0.3) is 0 Å². The fourth-order valence-electron chi connectivity index (χ4n) is 3.12. The Hall–Kier alpha value is -2.47. The zero-order valence-corrected chi connectivity index (χ0v) is 15.5. The number of aliphatic carboxylic acids is 1. The number of carbonyl (C=O) groups is 2. The van der Waals surface area contributed by atoms with Crippen molar-refractivity contribution in [2.45, 2.75) is 36.1 Å². The molecule has 1 aliphatic rings. The van der Waals surface area contributed by atoms with E-state index in [1.54, 1.807) is 7.11 Å². The summed E-state index contributed by atoms with van der Waals surface area (Å²) in [6.45, 7) is 2.15. The highest BCUT2D eigenvalue weighted by Gasteiger charge is 2.36. The molecule has 2 atom stereocenters.